The van der Waals surface area contributed by atoms with E-state index in [1.165, 1.54) is 36.0 Å². The third-order valence-electron chi connectivity index (χ3n) is 8.67. The number of rotatable bonds is 5. The van der Waals surface area contributed by atoms with Crippen molar-refractivity contribution >= 4 is 28.0 Å². The second kappa shape index (κ2) is 11.7. The molecule has 2 aromatic rings. The third-order valence-corrected chi connectivity index (χ3v) is 10.1. The zero-order valence-corrected chi connectivity index (χ0v) is 25.8. The standard InChI is InChI=1S/C29H38F3N7O4S/c1-19(33)22-17-34-13-5-4-6-20-16-27(2,3)38(18-20)25-21(26(40)37-44(22,41)42)7-8-23(35-25)39-14-9-24(36-39)43-15-12-28(10-11-28)29(30,31)32/h7-9,14,17,20H,4-6,10-13,15-16,18,33H2,1-3H3,(H,37,40)/b22-19+,34-17?. The lowest BCUT2D eigenvalue weighted by Gasteiger charge is -2.34. The van der Waals surface area contributed by atoms with Crippen LogP contribution >= 0.6 is 0 Å². The van der Waals surface area contributed by atoms with Gasteiger partial charge in [-0.3, -0.25) is 9.79 Å². The fourth-order valence-corrected chi connectivity index (χ4v) is 7.09. The zero-order valence-electron chi connectivity index (χ0n) is 25.0. The summed E-state index contributed by atoms with van der Waals surface area (Å²) in [6, 6.07) is 4.54. The normalized spacial score (nSPS) is 24.1. The summed E-state index contributed by atoms with van der Waals surface area (Å²) in [6.07, 6.45) is 2.02. The second-order valence-electron chi connectivity index (χ2n) is 12.5. The molecular weight excluding hydrogens is 599 g/mol. The van der Waals surface area contributed by atoms with Crippen molar-refractivity contribution in [3.63, 3.8) is 0 Å². The number of aliphatic imine (C=N–C) groups is 1. The Labute approximate surface area is 254 Å². The molecule has 1 unspecified atom stereocenters. The van der Waals surface area contributed by atoms with Crippen molar-refractivity contribution in [1.29, 1.82) is 0 Å². The number of hydrogen-bond donors (Lipinski definition) is 2. The van der Waals surface area contributed by atoms with Gasteiger partial charge in [0.15, 0.2) is 5.82 Å². The zero-order chi connectivity index (χ0) is 31.9. The van der Waals surface area contributed by atoms with Gasteiger partial charge in [0, 0.05) is 42.8 Å². The molecule has 0 radical (unpaired) electrons. The molecule has 1 saturated heterocycles. The van der Waals surface area contributed by atoms with Crippen LogP contribution in [0.25, 0.3) is 5.82 Å². The summed E-state index contributed by atoms with van der Waals surface area (Å²) in [6.45, 7) is 6.45. The van der Waals surface area contributed by atoms with Crippen molar-refractivity contribution in [3.8, 4) is 11.7 Å². The minimum Gasteiger partial charge on any atom is -0.477 e. The fraction of sp³-hybridized carbons (Fsp3) is 0.586. The molecule has 44 heavy (non-hydrogen) atoms. The molecule has 3 aliphatic rings. The summed E-state index contributed by atoms with van der Waals surface area (Å²) < 4.78 is 75.3. The van der Waals surface area contributed by atoms with E-state index in [0.717, 1.165) is 25.7 Å². The molecule has 2 aromatic heterocycles. The first-order chi connectivity index (χ1) is 20.6. The Morgan fingerprint density at radius 1 is 1.20 bits per heavy atom. The lowest BCUT2D eigenvalue weighted by atomic mass is 9.93. The van der Waals surface area contributed by atoms with Crippen LogP contribution in [0.2, 0.25) is 0 Å². The summed E-state index contributed by atoms with van der Waals surface area (Å²) >= 11 is 0. The quantitative estimate of drug-likeness (QED) is 0.488. The summed E-state index contributed by atoms with van der Waals surface area (Å²) in [5, 5.41) is 4.34. The van der Waals surface area contributed by atoms with Crippen LogP contribution in [0.3, 0.4) is 0 Å². The van der Waals surface area contributed by atoms with Crippen LogP contribution in [-0.2, 0) is 10.0 Å². The molecular formula is C29H38F3N7O4S. The largest absolute Gasteiger partial charge is 0.477 e. The molecule has 15 heteroatoms. The highest BCUT2D eigenvalue weighted by Crippen LogP contribution is 2.59. The number of aromatic nitrogens is 3. The summed E-state index contributed by atoms with van der Waals surface area (Å²) in [4.78, 5) is 24.3. The number of nitrogens with zero attached hydrogens (tertiary/aromatic N) is 5. The van der Waals surface area contributed by atoms with Crippen LogP contribution < -0.4 is 20.1 Å². The van der Waals surface area contributed by atoms with Crippen LogP contribution in [0.1, 0.15) is 76.1 Å². The van der Waals surface area contributed by atoms with Crippen molar-refractivity contribution < 1.29 is 31.1 Å². The number of hydrogen-bond acceptors (Lipinski definition) is 9. The van der Waals surface area contributed by atoms with E-state index < -0.39 is 33.1 Å². The Morgan fingerprint density at radius 3 is 2.64 bits per heavy atom. The predicted octanol–water partition coefficient (Wildman–Crippen LogP) is 4.49. The van der Waals surface area contributed by atoms with E-state index in [1.54, 1.807) is 6.20 Å². The fourth-order valence-electron chi connectivity index (χ4n) is 5.99. The number of halogens is 3. The van der Waals surface area contributed by atoms with Gasteiger partial charge < -0.3 is 15.4 Å². The van der Waals surface area contributed by atoms with Gasteiger partial charge in [-0.15, -0.1) is 5.10 Å². The first-order valence-corrected chi connectivity index (χ1v) is 16.2. The molecule has 240 valence electrons. The first-order valence-electron chi connectivity index (χ1n) is 14.7. The number of sulfonamides is 1. The lowest BCUT2D eigenvalue weighted by molar-refractivity contribution is -0.190. The lowest BCUT2D eigenvalue weighted by Crippen LogP contribution is -2.41. The summed E-state index contributed by atoms with van der Waals surface area (Å²) in [5.41, 5.74) is 3.85. The Hall–Kier alpha value is -3.62. The van der Waals surface area contributed by atoms with Gasteiger partial charge >= 0.3 is 6.18 Å². The average Bonchev–Trinajstić information content (AvgIpc) is 3.47. The van der Waals surface area contributed by atoms with Crippen LogP contribution in [0.15, 0.2) is 40.0 Å². The number of nitrogens with one attached hydrogen (secondary N) is 1. The molecule has 5 rings (SSSR count). The molecule has 0 spiro atoms. The van der Waals surface area contributed by atoms with Crippen LogP contribution in [0.5, 0.6) is 5.88 Å². The Morgan fingerprint density at radius 2 is 1.95 bits per heavy atom. The van der Waals surface area contributed by atoms with Gasteiger partial charge in [-0.05, 0) is 77.3 Å². The van der Waals surface area contributed by atoms with Crippen molar-refractivity contribution in [2.75, 3.05) is 24.6 Å². The van der Waals surface area contributed by atoms with Crippen LogP contribution in [0.4, 0.5) is 19.0 Å². The van der Waals surface area contributed by atoms with E-state index in [-0.39, 0.29) is 47.9 Å². The first kappa shape index (κ1) is 31.8. The number of alkyl halides is 3. The van der Waals surface area contributed by atoms with E-state index in [4.69, 9.17) is 15.5 Å². The van der Waals surface area contributed by atoms with Gasteiger partial charge in [0.05, 0.1) is 17.6 Å². The predicted molar refractivity (Wildman–Crippen MR) is 159 cm³/mol. The number of amides is 1. The maximum absolute atomic E-state index is 13.6. The monoisotopic (exact) mass is 637 g/mol. The molecule has 4 heterocycles. The molecule has 3 N–H and O–H groups in total. The number of pyridine rings is 1. The highest BCUT2D eigenvalue weighted by atomic mass is 32.2. The molecule has 0 aromatic carbocycles. The number of ether oxygens (including phenoxy) is 1. The van der Waals surface area contributed by atoms with Gasteiger partial charge in [-0.2, -0.15) is 13.2 Å². The van der Waals surface area contributed by atoms with Crippen molar-refractivity contribution in [1.82, 2.24) is 19.5 Å². The van der Waals surface area contributed by atoms with Gasteiger partial charge in [0.25, 0.3) is 15.9 Å². The summed E-state index contributed by atoms with van der Waals surface area (Å²) in [5.74, 6) is 0.209. The number of allylic oxidation sites excluding steroid dienone is 2. The van der Waals surface area contributed by atoms with E-state index in [2.05, 4.69) is 28.7 Å². The molecule has 1 aliphatic carbocycles. The molecule has 2 bridgehead atoms. The molecule has 11 nitrogen and oxygen atoms in total. The Kier molecular flexibility index (Phi) is 8.46. The van der Waals surface area contributed by atoms with Gasteiger partial charge in [-0.25, -0.2) is 22.8 Å². The summed E-state index contributed by atoms with van der Waals surface area (Å²) in [7, 11) is -4.34. The maximum atomic E-state index is 13.6. The van der Waals surface area contributed by atoms with Gasteiger partial charge in [0.1, 0.15) is 10.7 Å². The van der Waals surface area contributed by atoms with Gasteiger partial charge in [0.2, 0.25) is 5.88 Å². The number of fused-ring (bicyclic) bond motifs is 4. The maximum Gasteiger partial charge on any atom is 0.394 e. The minimum absolute atomic E-state index is 0.00147. The van der Waals surface area contributed by atoms with E-state index in [1.807, 2.05) is 4.90 Å². The van der Waals surface area contributed by atoms with Crippen molar-refractivity contribution in [3.05, 3.63) is 40.6 Å². The smallest absolute Gasteiger partial charge is 0.394 e. The van der Waals surface area contributed by atoms with Crippen LogP contribution in [-0.4, -0.2) is 66.7 Å². The minimum atomic E-state index is -4.34. The highest BCUT2D eigenvalue weighted by Gasteiger charge is 2.62. The third kappa shape index (κ3) is 6.57. The number of anilines is 1. The average molecular weight is 638 g/mol. The molecule has 1 atom stereocenters. The molecule has 2 fully saturated rings. The number of carbonyl (C=O) groups excluding carboxylic acids is 1. The Bertz CT molecular complexity index is 1580. The Balaban J connectivity index is 1.46. The SMILES string of the molecule is C/C(N)=C1/C=NCCCCC2CN(c3nc(-n4ccc(OCCC5(C(F)(F)F)CC5)n4)ccc3C(=O)NS1(=O)=O)C(C)(C)C2. The van der Waals surface area contributed by atoms with Crippen molar-refractivity contribution in [2.24, 2.45) is 22.1 Å². The highest BCUT2D eigenvalue weighted by molar-refractivity contribution is 7.94. The topological polar surface area (TPSA) is 145 Å². The van der Waals surface area contributed by atoms with Gasteiger partial charge in [-0.1, -0.05) is 6.42 Å². The second-order valence-corrected chi connectivity index (χ2v) is 14.2. The van der Waals surface area contributed by atoms with Crippen LogP contribution in [0, 0.1) is 11.3 Å². The van der Waals surface area contributed by atoms with E-state index in [9.17, 15) is 26.4 Å². The molecule has 1 saturated carbocycles. The molecule has 1 amide bonds. The number of nitrogens with two attached hydrogens (primary N) is 1. The van der Waals surface area contributed by atoms with E-state index in [0.29, 0.717) is 30.6 Å². The van der Waals surface area contributed by atoms with E-state index >= 15 is 0 Å². The number of carbonyl (C=O) groups is 1. The molecule has 2 aliphatic heterocycles. The van der Waals surface area contributed by atoms with Crippen molar-refractivity contribution in [2.45, 2.75) is 77.4 Å².